The van der Waals surface area contributed by atoms with Gasteiger partial charge in [-0.05, 0) is 43.5 Å². The third-order valence-electron chi connectivity index (χ3n) is 5.98. The number of hydrogen-bond acceptors (Lipinski definition) is 5. The Bertz CT molecular complexity index is 1210. The van der Waals surface area contributed by atoms with Crippen LogP contribution in [-0.2, 0) is 22.7 Å². The second-order valence-electron chi connectivity index (χ2n) is 8.21. The molecular formula is C26H29N3O5. The SMILES string of the molecule is CCOc1ccc(CNC(=O)C(=O)c2cn(CC(=O)N3CCCC3)c3ccccc23)cc1OC. The van der Waals surface area contributed by atoms with Crippen LogP contribution in [0.5, 0.6) is 11.5 Å². The molecule has 2 heterocycles. The third-order valence-corrected chi connectivity index (χ3v) is 5.98. The highest BCUT2D eigenvalue weighted by Crippen LogP contribution is 2.28. The van der Waals surface area contributed by atoms with E-state index < -0.39 is 11.7 Å². The van der Waals surface area contributed by atoms with Gasteiger partial charge in [0.2, 0.25) is 5.91 Å². The Kier molecular flexibility index (Phi) is 7.15. The summed E-state index contributed by atoms with van der Waals surface area (Å²) in [5, 5.41) is 3.34. The van der Waals surface area contributed by atoms with Crippen LogP contribution in [0.2, 0.25) is 0 Å². The molecule has 34 heavy (non-hydrogen) atoms. The van der Waals surface area contributed by atoms with E-state index >= 15 is 0 Å². The first kappa shape index (κ1) is 23.4. The Morgan fingerprint density at radius 2 is 1.79 bits per heavy atom. The molecule has 2 amide bonds. The zero-order chi connectivity index (χ0) is 24.1. The topological polar surface area (TPSA) is 89.9 Å². The average molecular weight is 464 g/mol. The number of Topliss-reactive ketones (excluding diaryl/α,β-unsaturated/α-hetero) is 1. The highest BCUT2D eigenvalue weighted by atomic mass is 16.5. The van der Waals surface area contributed by atoms with E-state index in [4.69, 9.17) is 9.47 Å². The number of ketones is 1. The molecule has 4 rings (SSSR count). The highest BCUT2D eigenvalue weighted by Gasteiger charge is 2.24. The van der Waals surface area contributed by atoms with E-state index in [1.165, 1.54) is 0 Å². The molecular weight excluding hydrogens is 434 g/mol. The Morgan fingerprint density at radius 1 is 1.03 bits per heavy atom. The van der Waals surface area contributed by atoms with Gasteiger partial charge >= 0.3 is 0 Å². The van der Waals surface area contributed by atoms with Gasteiger partial charge in [0.15, 0.2) is 11.5 Å². The van der Waals surface area contributed by atoms with E-state index in [-0.39, 0.29) is 24.6 Å². The van der Waals surface area contributed by atoms with Gasteiger partial charge in [-0.25, -0.2) is 0 Å². The molecule has 3 aromatic rings. The molecule has 0 radical (unpaired) electrons. The van der Waals surface area contributed by atoms with E-state index in [9.17, 15) is 14.4 Å². The number of rotatable bonds is 9. The van der Waals surface area contributed by atoms with Gasteiger partial charge in [0, 0.05) is 36.7 Å². The fraction of sp³-hybridized carbons (Fsp3) is 0.346. The van der Waals surface area contributed by atoms with Crippen molar-refractivity contribution < 1.29 is 23.9 Å². The first-order chi connectivity index (χ1) is 16.5. The van der Waals surface area contributed by atoms with E-state index in [0.29, 0.717) is 23.5 Å². The minimum absolute atomic E-state index is 0.0196. The minimum Gasteiger partial charge on any atom is -0.493 e. The van der Waals surface area contributed by atoms with Gasteiger partial charge < -0.3 is 24.3 Å². The Morgan fingerprint density at radius 3 is 2.53 bits per heavy atom. The maximum atomic E-state index is 13.0. The predicted molar refractivity (Wildman–Crippen MR) is 128 cm³/mol. The second kappa shape index (κ2) is 10.4. The average Bonchev–Trinajstić information content (AvgIpc) is 3.52. The number of fused-ring (bicyclic) bond motifs is 1. The number of nitrogens with zero attached hydrogens (tertiary/aromatic N) is 2. The zero-order valence-corrected chi connectivity index (χ0v) is 19.5. The molecule has 8 heteroatoms. The van der Waals surface area contributed by atoms with Crippen molar-refractivity contribution in [3.8, 4) is 11.5 Å². The quantitative estimate of drug-likeness (QED) is 0.389. The number of amides is 2. The first-order valence-corrected chi connectivity index (χ1v) is 11.5. The number of methoxy groups -OCH3 is 1. The van der Waals surface area contributed by atoms with Gasteiger partial charge in [-0.3, -0.25) is 14.4 Å². The number of likely N-dealkylation sites (tertiary alicyclic amines) is 1. The lowest BCUT2D eigenvalue weighted by atomic mass is 10.1. The molecule has 1 N–H and O–H groups in total. The summed E-state index contributed by atoms with van der Waals surface area (Å²) in [6.07, 6.45) is 3.64. The molecule has 1 saturated heterocycles. The van der Waals surface area contributed by atoms with Crippen molar-refractivity contribution in [3.05, 3.63) is 59.8 Å². The maximum absolute atomic E-state index is 13.0. The maximum Gasteiger partial charge on any atom is 0.292 e. The summed E-state index contributed by atoms with van der Waals surface area (Å²) in [4.78, 5) is 40.3. The summed E-state index contributed by atoms with van der Waals surface area (Å²) in [5.41, 5.74) is 1.81. The van der Waals surface area contributed by atoms with Crippen molar-refractivity contribution in [3.63, 3.8) is 0 Å². The van der Waals surface area contributed by atoms with Crippen molar-refractivity contribution in [2.24, 2.45) is 0 Å². The number of aromatic nitrogens is 1. The van der Waals surface area contributed by atoms with Crippen molar-refractivity contribution in [1.29, 1.82) is 0 Å². The van der Waals surface area contributed by atoms with Crippen LogP contribution in [0.3, 0.4) is 0 Å². The number of benzene rings is 2. The molecule has 8 nitrogen and oxygen atoms in total. The smallest absolute Gasteiger partial charge is 0.292 e. The molecule has 178 valence electrons. The highest BCUT2D eigenvalue weighted by molar-refractivity contribution is 6.45. The number of hydrogen-bond donors (Lipinski definition) is 1. The standard InChI is InChI=1S/C26H29N3O5/c1-3-34-22-11-10-18(14-23(22)33-2)15-27-26(32)25(31)20-16-29(21-9-5-4-8-19(20)21)17-24(30)28-12-6-7-13-28/h4-5,8-11,14,16H,3,6-7,12-13,15,17H2,1-2H3,(H,27,32). The number of para-hydroxylation sites is 1. The summed E-state index contributed by atoms with van der Waals surface area (Å²) < 4.78 is 12.6. The number of ether oxygens (including phenoxy) is 2. The zero-order valence-electron chi connectivity index (χ0n) is 19.5. The van der Waals surface area contributed by atoms with Crippen LogP contribution in [0.1, 0.15) is 35.7 Å². The second-order valence-corrected chi connectivity index (χ2v) is 8.21. The monoisotopic (exact) mass is 463 g/mol. The van der Waals surface area contributed by atoms with Gasteiger partial charge in [0.25, 0.3) is 11.7 Å². The van der Waals surface area contributed by atoms with E-state index in [0.717, 1.165) is 37.0 Å². The summed E-state index contributed by atoms with van der Waals surface area (Å²) >= 11 is 0. The van der Waals surface area contributed by atoms with Crippen LogP contribution in [0, 0.1) is 0 Å². The molecule has 1 aliphatic heterocycles. The molecule has 0 atom stereocenters. The number of carbonyl (C=O) groups is 3. The summed E-state index contributed by atoms with van der Waals surface area (Å²) in [6, 6.07) is 12.7. The molecule has 1 aromatic heterocycles. The fourth-order valence-corrected chi connectivity index (χ4v) is 4.25. The van der Waals surface area contributed by atoms with Crippen LogP contribution in [-0.4, -0.2) is 53.9 Å². The van der Waals surface area contributed by atoms with Crippen LogP contribution in [0.4, 0.5) is 0 Å². The fourth-order valence-electron chi connectivity index (χ4n) is 4.25. The third kappa shape index (κ3) is 4.90. The van der Waals surface area contributed by atoms with E-state index in [1.54, 1.807) is 36.1 Å². The minimum atomic E-state index is -0.707. The van der Waals surface area contributed by atoms with E-state index in [1.807, 2.05) is 36.1 Å². The Labute approximate surface area is 198 Å². The summed E-state index contributed by atoms with van der Waals surface area (Å²) in [5.74, 6) is -0.146. The lowest BCUT2D eigenvalue weighted by Gasteiger charge is -2.15. The summed E-state index contributed by atoms with van der Waals surface area (Å²) in [7, 11) is 1.55. The molecule has 1 aliphatic rings. The predicted octanol–water partition coefficient (Wildman–Crippen LogP) is 3.17. The van der Waals surface area contributed by atoms with Crippen LogP contribution in [0.15, 0.2) is 48.7 Å². The number of carbonyl (C=O) groups excluding carboxylic acids is 3. The largest absolute Gasteiger partial charge is 0.493 e. The Balaban J connectivity index is 1.49. The van der Waals surface area contributed by atoms with Gasteiger partial charge in [0.05, 0.1) is 19.3 Å². The lowest BCUT2D eigenvalue weighted by Crippen LogP contribution is -2.31. The normalized spacial score (nSPS) is 13.2. The molecule has 0 saturated carbocycles. The molecule has 2 aromatic carbocycles. The van der Waals surface area contributed by atoms with Crippen LogP contribution < -0.4 is 14.8 Å². The number of nitrogens with one attached hydrogen (secondary N) is 1. The van der Waals surface area contributed by atoms with Gasteiger partial charge in [0.1, 0.15) is 6.54 Å². The molecule has 0 unspecified atom stereocenters. The van der Waals surface area contributed by atoms with E-state index in [2.05, 4.69) is 5.32 Å². The molecule has 0 spiro atoms. The van der Waals surface area contributed by atoms with Gasteiger partial charge in [-0.2, -0.15) is 0 Å². The van der Waals surface area contributed by atoms with Crippen molar-refractivity contribution in [2.45, 2.75) is 32.9 Å². The van der Waals surface area contributed by atoms with Crippen molar-refractivity contribution >= 4 is 28.5 Å². The molecule has 0 bridgehead atoms. The van der Waals surface area contributed by atoms with Gasteiger partial charge in [-0.15, -0.1) is 0 Å². The van der Waals surface area contributed by atoms with Gasteiger partial charge in [-0.1, -0.05) is 24.3 Å². The summed E-state index contributed by atoms with van der Waals surface area (Å²) in [6.45, 7) is 4.24. The van der Waals surface area contributed by atoms with Crippen LogP contribution >= 0.6 is 0 Å². The first-order valence-electron chi connectivity index (χ1n) is 11.5. The molecule has 0 aliphatic carbocycles. The Hall–Kier alpha value is -3.81. The lowest BCUT2D eigenvalue weighted by molar-refractivity contribution is -0.130. The van der Waals surface area contributed by atoms with Crippen molar-refractivity contribution in [1.82, 2.24) is 14.8 Å². The van der Waals surface area contributed by atoms with Crippen molar-refractivity contribution in [2.75, 3.05) is 26.8 Å². The van der Waals surface area contributed by atoms with Crippen LogP contribution in [0.25, 0.3) is 10.9 Å². The molecule has 1 fully saturated rings.